The number of rotatable bonds is 1. The second-order valence-corrected chi connectivity index (χ2v) is 2.28. The van der Waals surface area contributed by atoms with Crippen LogP contribution in [0.1, 0.15) is 6.92 Å². The van der Waals surface area contributed by atoms with Crippen LogP contribution in [0.5, 0.6) is 0 Å². The molecule has 0 aliphatic heterocycles. The van der Waals surface area contributed by atoms with Crippen molar-refractivity contribution in [3.8, 4) is 0 Å². The van der Waals surface area contributed by atoms with Crippen LogP contribution in [0.2, 0.25) is 0 Å². The molecule has 0 heterocycles. The average molecular weight is 167 g/mol. The van der Waals surface area contributed by atoms with Crippen molar-refractivity contribution < 1.29 is 9.90 Å². The van der Waals surface area contributed by atoms with Crippen LogP contribution in [-0.4, -0.2) is 17.1 Å². The van der Waals surface area contributed by atoms with Gasteiger partial charge < -0.3 is 10.8 Å². The summed E-state index contributed by atoms with van der Waals surface area (Å²) in [5.41, 5.74) is 4.84. The lowest BCUT2D eigenvalue weighted by Gasteiger charge is -1.90. The Morgan fingerprint density at radius 1 is 1.17 bits per heavy atom. The van der Waals surface area contributed by atoms with Crippen LogP contribution >= 0.6 is 0 Å². The van der Waals surface area contributed by atoms with Crippen LogP contribution in [0.4, 0.5) is 0 Å². The van der Waals surface area contributed by atoms with Crippen LogP contribution in [-0.2, 0) is 4.79 Å². The number of hydrogen-bond donors (Lipinski definition) is 2. The number of aliphatic carboxylic acids is 1. The maximum absolute atomic E-state index is 9.57. The molecule has 0 saturated carbocycles. The summed E-state index contributed by atoms with van der Waals surface area (Å²) < 4.78 is 0. The van der Waals surface area contributed by atoms with E-state index < -0.39 is 12.0 Å². The molecule has 0 bridgehead atoms. The molecule has 0 aliphatic carbocycles. The number of nitrogens with two attached hydrogens (primary N) is 1. The highest BCUT2D eigenvalue weighted by atomic mass is 16.4. The monoisotopic (exact) mass is 167 g/mol. The third-order valence-electron chi connectivity index (χ3n) is 1.06. The number of carbonyl (C=O) groups is 1. The number of carboxylic acids is 1. The molecule has 1 unspecified atom stereocenters. The van der Waals surface area contributed by atoms with Crippen LogP contribution in [0.3, 0.4) is 0 Å². The zero-order chi connectivity index (χ0) is 9.40. The molecule has 0 aromatic heterocycles. The Morgan fingerprint density at radius 2 is 1.33 bits per heavy atom. The first-order chi connectivity index (χ1) is 5.64. The second kappa shape index (κ2) is 6.37. The van der Waals surface area contributed by atoms with E-state index in [4.69, 9.17) is 10.8 Å². The molecular formula is C9H13NO2. The third kappa shape index (κ3) is 6.77. The third-order valence-corrected chi connectivity index (χ3v) is 1.06. The Morgan fingerprint density at radius 3 is 1.42 bits per heavy atom. The molecule has 1 rings (SSSR count). The molecule has 3 N–H and O–H groups in total. The summed E-state index contributed by atoms with van der Waals surface area (Å²) in [4.78, 5) is 9.57. The van der Waals surface area contributed by atoms with E-state index in [2.05, 4.69) is 0 Å². The van der Waals surface area contributed by atoms with E-state index in [1.807, 2.05) is 36.4 Å². The normalized spacial score (nSPS) is 10.8. The van der Waals surface area contributed by atoms with Crippen LogP contribution in [0.15, 0.2) is 36.4 Å². The Hall–Kier alpha value is -1.35. The molecular weight excluding hydrogens is 154 g/mol. The fraction of sp³-hybridized carbons (Fsp3) is 0.222. The smallest absolute Gasteiger partial charge is 0.320 e. The van der Waals surface area contributed by atoms with E-state index in [0.29, 0.717) is 0 Å². The summed E-state index contributed by atoms with van der Waals surface area (Å²) in [6.45, 7) is 1.42. The van der Waals surface area contributed by atoms with Crippen molar-refractivity contribution in [3.63, 3.8) is 0 Å². The molecule has 66 valence electrons. The fourth-order valence-corrected chi connectivity index (χ4v) is 0.385. The van der Waals surface area contributed by atoms with Crippen LogP contribution in [0, 0.1) is 0 Å². The number of hydrogen-bond acceptors (Lipinski definition) is 2. The van der Waals surface area contributed by atoms with Gasteiger partial charge in [-0.2, -0.15) is 0 Å². The molecule has 1 atom stereocenters. The molecule has 0 radical (unpaired) electrons. The molecule has 1 aromatic rings. The van der Waals surface area contributed by atoms with Crippen LogP contribution in [0.25, 0.3) is 0 Å². The maximum Gasteiger partial charge on any atom is 0.320 e. The zero-order valence-electron chi connectivity index (χ0n) is 6.97. The minimum absolute atomic E-state index is 0.731. The van der Waals surface area contributed by atoms with E-state index in [0.717, 1.165) is 0 Å². The highest BCUT2D eigenvalue weighted by molar-refractivity contribution is 5.72. The second-order valence-electron chi connectivity index (χ2n) is 2.28. The van der Waals surface area contributed by atoms with Crippen molar-refractivity contribution in [2.45, 2.75) is 13.0 Å². The average Bonchev–Trinajstić information content (AvgIpc) is 2.08. The Kier molecular flexibility index (Phi) is 5.65. The Balaban J connectivity index is 0.000000202. The Labute approximate surface area is 71.8 Å². The highest BCUT2D eigenvalue weighted by Gasteiger charge is 1.99. The van der Waals surface area contributed by atoms with Crippen molar-refractivity contribution in [2.75, 3.05) is 0 Å². The number of benzene rings is 1. The minimum atomic E-state index is -0.963. The zero-order valence-corrected chi connectivity index (χ0v) is 6.97. The van der Waals surface area contributed by atoms with E-state index in [1.54, 1.807) is 0 Å². The van der Waals surface area contributed by atoms with Crippen molar-refractivity contribution >= 4 is 5.97 Å². The van der Waals surface area contributed by atoms with Gasteiger partial charge in [-0.15, -0.1) is 0 Å². The van der Waals surface area contributed by atoms with Gasteiger partial charge in [-0.1, -0.05) is 36.4 Å². The van der Waals surface area contributed by atoms with Gasteiger partial charge >= 0.3 is 5.97 Å². The molecule has 0 aliphatic rings. The molecule has 0 fully saturated rings. The van der Waals surface area contributed by atoms with Crippen molar-refractivity contribution in [1.29, 1.82) is 0 Å². The molecule has 1 aromatic carbocycles. The van der Waals surface area contributed by atoms with Crippen molar-refractivity contribution in [1.82, 2.24) is 0 Å². The van der Waals surface area contributed by atoms with E-state index in [-0.39, 0.29) is 0 Å². The Bertz CT molecular complexity index is 182. The topological polar surface area (TPSA) is 63.3 Å². The molecule has 0 amide bonds. The van der Waals surface area contributed by atoms with E-state index in [1.165, 1.54) is 6.92 Å². The predicted molar refractivity (Wildman–Crippen MR) is 47.7 cm³/mol. The summed E-state index contributed by atoms with van der Waals surface area (Å²) in [5.74, 6) is -0.963. The summed E-state index contributed by atoms with van der Waals surface area (Å²) in [7, 11) is 0. The van der Waals surface area contributed by atoms with Crippen molar-refractivity contribution in [3.05, 3.63) is 36.4 Å². The lowest BCUT2D eigenvalue weighted by Crippen LogP contribution is -2.25. The van der Waals surface area contributed by atoms with E-state index in [9.17, 15) is 4.79 Å². The summed E-state index contributed by atoms with van der Waals surface area (Å²) in [5, 5.41) is 7.87. The summed E-state index contributed by atoms with van der Waals surface area (Å²) in [6.07, 6.45) is 0. The first-order valence-corrected chi connectivity index (χ1v) is 3.63. The predicted octanol–water partition coefficient (Wildman–Crippen LogP) is 1.10. The largest absolute Gasteiger partial charge is 0.480 e. The van der Waals surface area contributed by atoms with Gasteiger partial charge in [-0.25, -0.2) is 0 Å². The first kappa shape index (κ1) is 10.7. The van der Waals surface area contributed by atoms with Crippen LogP contribution < -0.4 is 5.73 Å². The minimum Gasteiger partial charge on any atom is -0.480 e. The molecule has 0 saturated heterocycles. The number of carboxylic acid groups (broad SMARTS) is 1. The molecule has 12 heavy (non-hydrogen) atoms. The van der Waals surface area contributed by atoms with Gasteiger partial charge in [0, 0.05) is 0 Å². The van der Waals surface area contributed by atoms with E-state index >= 15 is 0 Å². The fourth-order valence-electron chi connectivity index (χ4n) is 0.385. The SMILES string of the molecule is CC(N)C(=O)O.c1ccccc1. The first-order valence-electron chi connectivity index (χ1n) is 3.63. The van der Waals surface area contributed by atoms with Gasteiger partial charge in [0.15, 0.2) is 0 Å². The molecule has 3 nitrogen and oxygen atoms in total. The lowest BCUT2D eigenvalue weighted by molar-refractivity contribution is -0.138. The van der Waals surface area contributed by atoms with Crippen molar-refractivity contribution in [2.24, 2.45) is 5.73 Å². The van der Waals surface area contributed by atoms with Gasteiger partial charge in [0.25, 0.3) is 0 Å². The molecule has 3 heteroatoms. The van der Waals surface area contributed by atoms with Gasteiger partial charge in [0.05, 0.1) is 0 Å². The van der Waals surface area contributed by atoms with Gasteiger partial charge in [0.1, 0.15) is 6.04 Å². The maximum atomic E-state index is 9.57. The van der Waals surface area contributed by atoms with Gasteiger partial charge in [-0.3, -0.25) is 4.79 Å². The molecule has 0 spiro atoms. The van der Waals surface area contributed by atoms with Gasteiger partial charge in [0.2, 0.25) is 0 Å². The standard InChI is InChI=1S/C6H6.C3H7NO2/c1-2-4-6-5-3-1;1-2(4)3(5)6/h1-6H;2H,4H2,1H3,(H,5,6). The van der Waals surface area contributed by atoms with Gasteiger partial charge in [-0.05, 0) is 6.92 Å². The highest BCUT2D eigenvalue weighted by Crippen LogP contribution is 1.79. The summed E-state index contributed by atoms with van der Waals surface area (Å²) >= 11 is 0. The summed E-state index contributed by atoms with van der Waals surface area (Å²) in [6, 6.07) is 11.3. The quantitative estimate of drug-likeness (QED) is 0.658. The lowest BCUT2D eigenvalue weighted by atomic mass is 10.4.